The van der Waals surface area contributed by atoms with Gasteiger partial charge in [0.05, 0.1) is 11.9 Å². The summed E-state index contributed by atoms with van der Waals surface area (Å²) < 4.78 is 38.6. The van der Waals surface area contributed by atoms with Gasteiger partial charge in [0.2, 0.25) is 0 Å². The summed E-state index contributed by atoms with van der Waals surface area (Å²) in [5, 5.41) is 3.23. The second kappa shape index (κ2) is 5.27. The molecule has 0 aliphatic heterocycles. The van der Waals surface area contributed by atoms with E-state index in [2.05, 4.69) is 10.3 Å². The normalized spacial score (nSPS) is 10.4. The summed E-state index contributed by atoms with van der Waals surface area (Å²) in [6, 6.07) is 5.13. The number of benzene rings is 1. The molecule has 0 amide bonds. The van der Waals surface area contributed by atoms with Crippen LogP contribution in [-0.2, 0) is 6.54 Å². The van der Waals surface area contributed by atoms with E-state index < -0.39 is 17.5 Å². The SMILES string of the molecule is Fc1cc(CNc2ccc(Cl)nc2)cc(F)c1F. The van der Waals surface area contributed by atoms with Crippen LogP contribution in [0.25, 0.3) is 0 Å². The molecule has 0 radical (unpaired) electrons. The Balaban J connectivity index is 2.08. The molecule has 0 fully saturated rings. The molecule has 0 saturated heterocycles. The second-order valence-corrected chi connectivity index (χ2v) is 3.98. The van der Waals surface area contributed by atoms with Gasteiger partial charge in [-0.2, -0.15) is 0 Å². The molecule has 0 saturated carbocycles. The molecular formula is C12H8ClF3N2. The van der Waals surface area contributed by atoms with E-state index in [1.807, 2.05) is 0 Å². The zero-order valence-corrected chi connectivity index (χ0v) is 9.81. The van der Waals surface area contributed by atoms with Crippen molar-refractivity contribution in [1.82, 2.24) is 4.98 Å². The lowest BCUT2D eigenvalue weighted by atomic mass is 10.2. The second-order valence-electron chi connectivity index (χ2n) is 3.60. The fourth-order valence-corrected chi connectivity index (χ4v) is 1.51. The number of nitrogens with zero attached hydrogens (tertiary/aromatic N) is 1. The Hall–Kier alpha value is -1.75. The first-order chi connectivity index (χ1) is 8.56. The highest BCUT2D eigenvalue weighted by Crippen LogP contribution is 2.15. The minimum atomic E-state index is -1.47. The Morgan fingerprint density at radius 3 is 2.33 bits per heavy atom. The van der Waals surface area contributed by atoms with Gasteiger partial charge in [0.15, 0.2) is 17.5 Å². The van der Waals surface area contributed by atoms with Crippen LogP contribution >= 0.6 is 11.6 Å². The van der Waals surface area contributed by atoms with E-state index in [-0.39, 0.29) is 6.54 Å². The van der Waals surface area contributed by atoms with Crippen molar-refractivity contribution in [3.8, 4) is 0 Å². The number of anilines is 1. The Bertz CT molecular complexity index is 535. The lowest BCUT2D eigenvalue weighted by Crippen LogP contribution is -2.02. The summed E-state index contributed by atoms with van der Waals surface area (Å²) >= 11 is 5.61. The van der Waals surface area contributed by atoms with Crippen molar-refractivity contribution in [3.63, 3.8) is 0 Å². The minimum absolute atomic E-state index is 0.150. The highest BCUT2D eigenvalue weighted by atomic mass is 35.5. The van der Waals surface area contributed by atoms with Gasteiger partial charge in [-0.1, -0.05) is 11.6 Å². The predicted molar refractivity (Wildman–Crippen MR) is 62.9 cm³/mol. The largest absolute Gasteiger partial charge is 0.380 e. The third-order valence-corrected chi connectivity index (χ3v) is 2.49. The maximum atomic E-state index is 12.9. The van der Waals surface area contributed by atoms with Crippen molar-refractivity contribution in [2.24, 2.45) is 0 Å². The van der Waals surface area contributed by atoms with Gasteiger partial charge in [-0.15, -0.1) is 0 Å². The van der Waals surface area contributed by atoms with E-state index in [4.69, 9.17) is 11.6 Å². The molecule has 6 heteroatoms. The topological polar surface area (TPSA) is 24.9 Å². The molecule has 1 aromatic carbocycles. The molecule has 2 aromatic rings. The quantitative estimate of drug-likeness (QED) is 0.680. The Morgan fingerprint density at radius 1 is 1.11 bits per heavy atom. The zero-order valence-electron chi connectivity index (χ0n) is 9.05. The van der Waals surface area contributed by atoms with Crippen molar-refractivity contribution >= 4 is 17.3 Å². The molecule has 0 aliphatic rings. The predicted octanol–water partition coefficient (Wildman–Crippen LogP) is 3.76. The molecule has 2 nitrogen and oxygen atoms in total. The molecule has 1 heterocycles. The van der Waals surface area contributed by atoms with Crippen LogP contribution in [-0.4, -0.2) is 4.98 Å². The highest BCUT2D eigenvalue weighted by Gasteiger charge is 2.10. The molecule has 94 valence electrons. The molecule has 0 unspecified atom stereocenters. The lowest BCUT2D eigenvalue weighted by Gasteiger charge is -2.07. The third kappa shape index (κ3) is 2.92. The van der Waals surface area contributed by atoms with E-state index in [9.17, 15) is 13.2 Å². The summed E-state index contributed by atoms with van der Waals surface area (Å²) in [5.41, 5.74) is 0.936. The summed E-state index contributed by atoms with van der Waals surface area (Å²) in [5.74, 6) is -3.88. The maximum Gasteiger partial charge on any atom is 0.194 e. The highest BCUT2D eigenvalue weighted by molar-refractivity contribution is 6.29. The monoisotopic (exact) mass is 272 g/mol. The van der Waals surface area contributed by atoms with Gasteiger partial charge < -0.3 is 5.32 Å². The standard InChI is InChI=1S/C12H8ClF3N2/c13-11-2-1-8(6-18-11)17-5-7-3-9(14)12(16)10(15)4-7/h1-4,6,17H,5H2. The number of halogens is 4. The Kier molecular flexibility index (Phi) is 3.72. The molecule has 1 N–H and O–H groups in total. The van der Waals surface area contributed by atoms with Gasteiger partial charge >= 0.3 is 0 Å². The molecule has 1 aromatic heterocycles. The Morgan fingerprint density at radius 2 is 1.78 bits per heavy atom. The first-order valence-corrected chi connectivity index (χ1v) is 5.43. The van der Waals surface area contributed by atoms with Crippen LogP contribution in [0.2, 0.25) is 5.15 Å². The van der Waals surface area contributed by atoms with Gasteiger partial charge in [0.1, 0.15) is 5.15 Å². The van der Waals surface area contributed by atoms with Crippen molar-refractivity contribution in [2.75, 3.05) is 5.32 Å². The van der Waals surface area contributed by atoms with Gasteiger partial charge in [-0.05, 0) is 29.8 Å². The van der Waals surface area contributed by atoms with Crippen LogP contribution in [0.15, 0.2) is 30.5 Å². The van der Waals surface area contributed by atoms with E-state index in [0.717, 1.165) is 12.1 Å². The number of aromatic nitrogens is 1. The van der Waals surface area contributed by atoms with Crippen molar-refractivity contribution in [3.05, 3.63) is 58.6 Å². The third-order valence-electron chi connectivity index (χ3n) is 2.27. The first-order valence-electron chi connectivity index (χ1n) is 5.05. The van der Waals surface area contributed by atoms with Crippen LogP contribution < -0.4 is 5.32 Å². The van der Waals surface area contributed by atoms with E-state index >= 15 is 0 Å². The molecule has 0 spiro atoms. The molecule has 0 aliphatic carbocycles. The summed E-state index contributed by atoms with van der Waals surface area (Å²) in [6.07, 6.45) is 1.48. The van der Waals surface area contributed by atoms with Gasteiger partial charge in [0.25, 0.3) is 0 Å². The van der Waals surface area contributed by atoms with Crippen LogP contribution in [0.1, 0.15) is 5.56 Å². The maximum absolute atomic E-state index is 12.9. The molecule has 0 bridgehead atoms. The van der Waals surface area contributed by atoms with Crippen LogP contribution in [0.5, 0.6) is 0 Å². The van der Waals surface area contributed by atoms with E-state index in [1.165, 1.54) is 6.20 Å². The zero-order chi connectivity index (χ0) is 13.1. The molecule has 18 heavy (non-hydrogen) atoms. The summed E-state index contributed by atoms with van der Waals surface area (Å²) in [6.45, 7) is 0.150. The fourth-order valence-electron chi connectivity index (χ4n) is 1.39. The average Bonchev–Trinajstić information content (AvgIpc) is 2.35. The molecular weight excluding hydrogens is 265 g/mol. The molecule has 2 rings (SSSR count). The van der Waals surface area contributed by atoms with E-state index in [1.54, 1.807) is 12.1 Å². The summed E-state index contributed by atoms with van der Waals surface area (Å²) in [4.78, 5) is 3.84. The number of pyridine rings is 1. The number of nitrogens with one attached hydrogen (secondary N) is 1. The van der Waals surface area contributed by atoms with Crippen molar-refractivity contribution in [1.29, 1.82) is 0 Å². The summed E-state index contributed by atoms with van der Waals surface area (Å²) in [7, 11) is 0. The lowest BCUT2D eigenvalue weighted by molar-refractivity contribution is 0.445. The van der Waals surface area contributed by atoms with Crippen molar-refractivity contribution < 1.29 is 13.2 Å². The molecule has 0 atom stereocenters. The van der Waals surface area contributed by atoms with Gasteiger partial charge in [-0.3, -0.25) is 0 Å². The van der Waals surface area contributed by atoms with Gasteiger partial charge in [-0.25, -0.2) is 18.2 Å². The average molecular weight is 273 g/mol. The van der Waals surface area contributed by atoms with Crippen molar-refractivity contribution in [2.45, 2.75) is 6.54 Å². The van der Waals surface area contributed by atoms with E-state index in [0.29, 0.717) is 16.4 Å². The number of hydrogen-bond donors (Lipinski definition) is 1. The smallest absolute Gasteiger partial charge is 0.194 e. The Labute approximate surface area is 106 Å². The minimum Gasteiger partial charge on any atom is -0.380 e. The van der Waals surface area contributed by atoms with Crippen LogP contribution in [0.3, 0.4) is 0 Å². The fraction of sp³-hybridized carbons (Fsp3) is 0.0833. The first kappa shape index (κ1) is 12.7. The van der Waals surface area contributed by atoms with Crippen LogP contribution in [0.4, 0.5) is 18.9 Å². The van der Waals surface area contributed by atoms with Crippen LogP contribution in [0, 0.1) is 17.5 Å². The number of hydrogen-bond acceptors (Lipinski definition) is 2. The van der Waals surface area contributed by atoms with Gasteiger partial charge in [0, 0.05) is 6.54 Å². The number of rotatable bonds is 3.